The van der Waals surface area contributed by atoms with Crippen LogP contribution in [0.3, 0.4) is 0 Å². The minimum absolute atomic E-state index is 0. The highest BCUT2D eigenvalue weighted by molar-refractivity contribution is 6.18. The SMILES string of the molecule is C.ClCC1CO1.NCCNCCN. The third kappa shape index (κ3) is 14.9. The molecule has 0 saturated carbocycles. The van der Waals surface area contributed by atoms with Crippen LogP contribution in [-0.4, -0.2) is 44.8 Å². The lowest BCUT2D eigenvalue weighted by Gasteiger charge is -1.95. The third-order valence-electron chi connectivity index (χ3n) is 1.22. The van der Waals surface area contributed by atoms with Crippen LogP contribution in [0.5, 0.6) is 0 Å². The van der Waals surface area contributed by atoms with Gasteiger partial charge in [-0.15, -0.1) is 11.6 Å². The summed E-state index contributed by atoms with van der Waals surface area (Å²) in [5.41, 5.74) is 10.3. The average molecular weight is 212 g/mol. The van der Waals surface area contributed by atoms with Gasteiger partial charge in [0, 0.05) is 26.2 Å². The summed E-state index contributed by atoms with van der Waals surface area (Å²) in [5, 5.41) is 3.03. The largest absolute Gasteiger partial charge is 0.372 e. The van der Waals surface area contributed by atoms with E-state index in [-0.39, 0.29) is 7.43 Å². The monoisotopic (exact) mass is 211 g/mol. The fourth-order valence-corrected chi connectivity index (χ4v) is 0.664. The van der Waals surface area contributed by atoms with E-state index < -0.39 is 0 Å². The Hall–Kier alpha value is 0.130. The Balaban J connectivity index is 0. The first-order chi connectivity index (χ1) is 5.85. The van der Waals surface area contributed by atoms with Crippen molar-refractivity contribution < 1.29 is 4.74 Å². The summed E-state index contributed by atoms with van der Waals surface area (Å²) in [6, 6.07) is 0. The Morgan fingerprint density at radius 1 is 1.31 bits per heavy atom. The summed E-state index contributed by atoms with van der Waals surface area (Å²) in [6.45, 7) is 4.01. The van der Waals surface area contributed by atoms with Crippen molar-refractivity contribution in [2.75, 3.05) is 38.7 Å². The molecule has 1 unspecified atom stereocenters. The van der Waals surface area contributed by atoms with Gasteiger partial charge in [-0.1, -0.05) is 7.43 Å². The highest BCUT2D eigenvalue weighted by Gasteiger charge is 2.19. The minimum Gasteiger partial charge on any atom is -0.372 e. The van der Waals surface area contributed by atoms with Gasteiger partial charge in [0.1, 0.15) is 0 Å². The molecule has 0 spiro atoms. The number of hydrogen-bond acceptors (Lipinski definition) is 4. The quantitative estimate of drug-likeness (QED) is 0.333. The smallest absolute Gasteiger partial charge is 0.0944 e. The van der Waals surface area contributed by atoms with Crippen molar-refractivity contribution in [2.24, 2.45) is 11.5 Å². The van der Waals surface area contributed by atoms with Gasteiger partial charge in [-0.25, -0.2) is 0 Å². The molecule has 1 atom stereocenters. The molecule has 5 N–H and O–H groups in total. The van der Waals surface area contributed by atoms with Crippen LogP contribution in [0.4, 0.5) is 0 Å². The number of halogens is 1. The van der Waals surface area contributed by atoms with Crippen LogP contribution < -0.4 is 16.8 Å². The fraction of sp³-hybridized carbons (Fsp3) is 1.00. The maximum absolute atomic E-state index is 5.27. The molecule has 13 heavy (non-hydrogen) atoms. The molecule has 1 heterocycles. The molecule has 1 aliphatic heterocycles. The molecule has 82 valence electrons. The van der Waals surface area contributed by atoms with Gasteiger partial charge >= 0.3 is 0 Å². The lowest BCUT2D eigenvalue weighted by Crippen LogP contribution is -2.27. The molecule has 0 amide bonds. The van der Waals surface area contributed by atoms with E-state index in [1.54, 1.807) is 0 Å². The Bertz CT molecular complexity index is 87.5. The van der Waals surface area contributed by atoms with Crippen molar-refractivity contribution in [1.82, 2.24) is 5.32 Å². The zero-order valence-corrected chi connectivity index (χ0v) is 8.02. The number of alkyl halides is 1. The molecule has 1 saturated heterocycles. The molecule has 1 aliphatic rings. The van der Waals surface area contributed by atoms with Crippen molar-refractivity contribution in [1.29, 1.82) is 0 Å². The van der Waals surface area contributed by atoms with Crippen molar-refractivity contribution in [3.63, 3.8) is 0 Å². The van der Waals surface area contributed by atoms with Crippen LogP contribution in [0.15, 0.2) is 0 Å². The normalized spacial score (nSPS) is 18.2. The highest BCUT2D eigenvalue weighted by Crippen LogP contribution is 2.08. The summed E-state index contributed by atoms with van der Waals surface area (Å²) in [5.74, 6) is 0.667. The molecule has 0 radical (unpaired) electrons. The van der Waals surface area contributed by atoms with Crippen LogP contribution in [-0.2, 0) is 4.74 Å². The van der Waals surface area contributed by atoms with Crippen LogP contribution >= 0.6 is 11.6 Å². The predicted molar refractivity (Wildman–Crippen MR) is 58.2 cm³/mol. The summed E-state index contributed by atoms with van der Waals surface area (Å²) in [6.07, 6.45) is 0.400. The number of rotatable bonds is 5. The number of epoxide rings is 1. The van der Waals surface area contributed by atoms with E-state index in [2.05, 4.69) is 5.32 Å². The molecule has 1 fully saturated rings. The number of ether oxygens (including phenoxy) is 1. The van der Waals surface area contributed by atoms with Gasteiger partial charge in [0.25, 0.3) is 0 Å². The van der Waals surface area contributed by atoms with E-state index in [1.165, 1.54) is 0 Å². The number of nitrogens with two attached hydrogens (primary N) is 2. The molecule has 0 aliphatic carbocycles. The Morgan fingerprint density at radius 2 is 1.77 bits per heavy atom. The second kappa shape index (κ2) is 12.1. The van der Waals surface area contributed by atoms with Gasteiger partial charge in [0.2, 0.25) is 0 Å². The van der Waals surface area contributed by atoms with Gasteiger partial charge in [-0.3, -0.25) is 0 Å². The molecular formula is C8H22ClN3O. The Kier molecular flexibility index (Phi) is 14.6. The molecule has 0 bridgehead atoms. The van der Waals surface area contributed by atoms with E-state index in [1.807, 2.05) is 0 Å². The third-order valence-corrected chi connectivity index (χ3v) is 1.56. The van der Waals surface area contributed by atoms with E-state index in [9.17, 15) is 0 Å². The first-order valence-electron chi connectivity index (χ1n) is 4.13. The first-order valence-corrected chi connectivity index (χ1v) is 4.67. The Labute approximate surface area is 85.9 Å². The molecule has 0 aromatic heterocycles. The average Bonchev–Trinajstić information content (AvgIpc) is 2.89. The number of hydrogen-bond donors (Lipinski definition) is 3. The second-order valence-corrected chi connectivity index (χ2v) is 2.75. The standard InChI is InChI=1S/C4H13N3.C3H5ClO.CH4/c5-1-3-7-4-2-6;4-1-3-2-5-3;/h7H,1-6H2;3H,1-2H2;1H4. The topological polar surface area (TPSA) is 76.6 Å². The fourth-order valence-electron chi connectivity index (χ4n) is 0.486. The summed E-state index contributed by atoms with van der Waals surface area (Å²) < 4.78 is 4.73. The molecule has 5 heteroatoms. The van der Waals surface area contributed by atoms with E-state index >= 15 is 0 Å². The van der Waals surface area contributed by atoms with Crippen molar-refractivity contribution in [3.05, 3.63) is 0 Å². The molecule has 1 rings (SSSR count). The van der Waals surface area contributed by atoms with Gasteiger partial charge in [0.15, 0.2) is 0 Å². The minimum atomic E-state index is 0. The maximum Gasteiger partial charge on any atom is 0.0944 e. The molecule has 0 aromatic rings. The van der Waals surface area contributed by atoms with E-state index in [4.69, 9.17) is 27.8 Å². The second-order valence-electron chi connectivity index (χ2n) is 2.44. The molecule has 4 nitrogen and oxygen atoms in total. The van der Waals surface area contributed by atoms with Crippen LogP contribution in [0.1, 0.15) is 7.43 Å². The van der Waals surface area contributed by atoms with E-state index in [0.29, 0.717) is 25.1 Å². The zero-order chi connectivity index (χ0) is 9.23. The van der Waals surface area contributed by atoms with Gasteiger partial charge in [-0.05, 0) is 0 Å². The summed E-state index contributed by atoms with van der Waals surface area (Å²) in [7, 11) is 0. The van der Waals surface area contributed by atoms with Gasteiger partial charge < -0.3 is 21.5 Å². The van der Waals surface area contributed by atoms with Gasteiger partial charge in [-0.2, -0.15) is 0 Å². The Morgan fingerprint density at radius 3 is 1.92 bits per heavy atom. The zero-order valence-electron chi connectivity index (χ0n) is 7.26. The molecule has 0 aromatic carbocycles. The van der Waals surface area contributed by atoms with Crippen molar-refractivity contribution in [2.45, 2.75) is 13.5 Å². The summed E-state index contributed by atoms with van der Waals surface area (Å²) >= 11 is 5.27. The number of nitrogens with one attached hydrogen (secondary N) is 1. The lowest BCUT2D eigenvalue weighted by atomic mass is 10.6. The van der Waals surface area contributed by atoms with E-state index in [0.717, 1.165) is 19.7 Å². The highest BCUT2D eigenvalue weighted by atomic mass is 35.5. The van der Waals surface area contributed by atoms with Gasteiger partial charge in [0.05, 0.1) is 18.6 Å². The van der Waals surface area contributed by atoms with Crippen molar-refractivity contribution in [3.8, 4) is 0 Å². The van der Waals surface area contributed by atoms with Crippen LogP contribution in [0.25, 0.3) is 0 Å². The maximum atomic E-state index is 5.27. The summed E-state index contributed by atoms with van der Waals surface area (Å²) in [4.78, 5) is 0. The van der Waals surface area contributed by atoms with Crippen molar-refractivity contribution >= 4 is 11.6 Å². The van der Waals surface area contributed by atoms with Crippen LogP contribution in [0.2, 0.25) is 0 Å². The first kappa shape index (κ1) is 15.6. The lowest BCUT2D eigenvalue weighted by molar-refractivity contribution is 0.425. The van der Waals surface area contributed by atoms with Crippen LogP contribution in [0, 0.1) is 0 Å². The molecular weight excluding hydrogens is 190 g/mol. The predicted octanol–water partition coefficient (Wildman–Crippen LogP) is -0.246.